The number of anilines is 1. The first kappa shape index (κ1) is 15.9. The van der Waals surface area contributed by atoms with E-state index in [-0.39, 0.29) is 5.91 Å². The van der Waals surface area contributed by atoms with Crippen molar-refractivity contribution in [1.29, 1.82) is 0 Å². The van der Waals surface area contributed by atoms with E-state index in [0.717, 1.165) is 22.0 Å². The molecule has 23 heavy (non-hydrogen) atoms. The first-order chi connectivity index (χ1) is 11.0. The van der Waals surface area contributed by atoms with Gasteiger partial charge in [-0.25, -0.2) is 4.98 Å². The summed E-state index contributed by atoms with van der Waals surface area (Å²) in [4.78, 5) is 19.4. The van der Waals surface area contributed by atoms with Crippen LogP contribution in [0.15, 0.2) is 35.7 Å². The Kier molecular flexibility index (Phi) is 4.59. The first-order valence-electron chi connectivity index (χ1n) is 7.40. The lowest BCUT2D eigenvalue weighted by Crippen LogP contribution is -2.14. The van der Waals surface area contributed by atoms with Gasteiger partial charge < -0.3 is 5.32 Å². The van der Waals surface area contributed by atoms with E-state index in [4.69, 9.17) is 0 Å². The molecule has 0 spiro atoms. The number of carbonyl (C=O) groups excluding carboxylic acids is 1. The topological polar surface area (TPSA) is 42.0 Å². The summed E-state index contributed by atoms with van der Waals surface area (Å²) in [6.07, 6.45) is 0.307. The van der Waals surface area contributed by atoms with E-state index in [1.807, 2.05) is 36.6 Å². The Morgan fingerprint density at radius 1 is 1.22 bits per heavy atom. The third-order valence-electron chi connectivity index (χ3n) is 3.60. The van der Waals surface area contributed by atoms with Crippen LogP contribution in [0.4, 0.5) is 5.69 Å². The number of hydrogen-bond acceptors (Lipinski definition) is 4. The highest BCUT2D eigenvalue weighted by atomic mass is 32.1. The number of benzene rings is 1. The molecule has 1 amide bonds. The average Bonchev–Trinajstić information content (AvgIpc) is 3.07. The molecule has 0 aliphatic carbocycles. The predicted octanol–water partition coefficient (Wildman–Crippen LogP) is 4.98. The van der Waals surface area contributed by atoms with E-state index in [1.54, 1.807) is 11.3 Å². The van der Waals surface area contributed by atoms with E-state index in [2.05, 4.69) is 30.2 Å². The SMILES string of the molecule is Cc1cc(-c2csc(CC(=O)Nc3ccccc3C)n2)c(C)s1. The van der Waals surface area contributed by atoms with Crippen molar-refractivity contribution in [3.05, 3.63) is 56.0 Å². The van der Waals surface area contributed by atoms with Crippen LogP contribution in [0.1, 0.15) is 20.3 Å². The smallest absolute Gasteiger partial charge is 0.231 e. The van der Waals surface area contributed by atoms with Gasteiger partial charge in [-0.15, -0.1) is 22.7 Å². The molecule has 3 nitrogen and oxygen atoms in total. The summed E-state index contributed by atoms with van der Waals surface area (Å²) < 4.78 is 0. The summed E-state index contributed by atoms with van der Waals surface area (Å²) in [5.41, 5.74) is 4.06. The average molecular weight is 342 g/mol. The summed E-state index contributed by atoms with van der Waals surface area (Å²) in [5, 5.41) is 5.83. The van der Waals surface area contributed by atoms with Gasteiger partial charge in [0, 0.05) is 26.4 Å². The number of hydrogen-bond donors (Lipinski definition) is 1. The van der Waals surface area contributed by atoms with Gasteiger partial charge in [0.15, 0.2) is 0 Å². The lowest BCUT2D eigenvalue weighted by molar-refractivity contribution is -0.115. The standard InChI is InChI=1S/C18H18N2OS2/c1-11-6-4-5-7-15(11)19-17(21)9-18-20-16(10-22-18)14-8-12(2)23-13(14)3/h4-8,10H,9H2,1-3H3,(H,19,21). The van der Waals surface area contributed by atoms with Crippen molar-refractivity contribution < 1.29 is 4.79 Å². The van der Waals surface area contributed by atoms with Crippen LogP contribution in [0.5, 0.6) is 0 Å². The maximum absolute atomic E-state index is 12.2. The van der Waals surface area contributed by atoms with Crippen LogP contribution in [0.2, 0.25) is 0 Å². The van der Waals surface area contributed by atoms with Gasteiger partial charge in [-0.3, -0.25) is 4.79 Å². The van der Waals surface area contributed by atoms with Crippen molar-refractivity contribution in [2.45, 2.75) is 27.2 Å². The minimum absolute atomic E-state index is 0.0292. The van der Waals surface area contributed by atoms with Crippen molar-refractivity contribution in [2.75, 3.05) is 5.32 Å². The largest absolute Gasteiger partial charge is 0.325 e. The van der Waals surface area contributed by atoms with Crippen LogP contribution in [-0.2, 0) is 11.2 Å². The van der Waals surface area contributed by atoms with Gasteiger partial charge in [-0.05, 0) is 38.5 Å². The Bertz CT molecular complexity index is 848. The highest BCUT2D eigenvalue weighted by Crippen LogP contribution is 2.31. The molecule has 118 valence electrons. The molecule has 3 aromatic rings. The zero-order valence-corrected chi connectivity index (χ0v) is 15.0. The van der Waals surface area contributed by atoms with Crippen LogP contribution in [0.3, 0.4) is 0 Å². The molecule has 3 rings (SSSR count). The van der Waals surface area contributed by atoms with E-state index >= 15 is 0 Å². The molecule has 0 fully saturated rings. The molecule has 1 aromatic carbocycles. The summed E-state index contributed by atoms with van der Waals surface area (Å²) in [7, 11) is 0. The van der Waals surface area contributed by atoms with Gasteiger partial charge in [-0.1, -0.05) is 18.2 Å². The number of para-hydroxylation sites is 1. The molecular weight excluding hydrogens is 324 g/mol. The van der Waals surface area contributed by atoms with Crippen molar-refractivity contribution in [1.82, 2.24) is 4.98 Å². The number of carbonyl (C=O) groups is 1. The normalized spacial score (nSPS) is 10.7. The zero-order valence-electron chi connectivity index (χ0n) is 13.3. The quantitative estimate of drug-likeness (QED) is 0.726. The summed E-state index contributed by atoms with van der Waals surface area (Å²) >= 11 is 3.31. The maximum Gasteiger partial charge on any atom is 0.231 e. The Balaban J connectivity index is 1.71. The fraction of sp³-hybridized carbons (Fsp3) is 0.222. The molecule has 5 heteroatoms. The molecule has 0 aliphatic heterocycles. The van der Waals surface area contributed by atoms with Crippen LogP contribution in [0.25, 0.3) is 11.3 Å². The molecule has 0 atom stereocenters. The van der Waals surface area contributed by atoms with Crippen LogP contribution in [0, 0.1) is 20.8 Å². The van der Waals surface area contributed by atoms with Crippen molar-refractivity contribution >= 4 is 34.3 Å². The van der Waals surface area contributed by atoms with Crippen molar-refractivity contribution in [3.8, 4) is 11.3 Å². The number of rotatable bonds is 4. The Morgan fingerprint density at radius 3 is 2.70 bits per heavy atom. The number of amides is 1. The minimum Gasteiger partial charge on any atom is -0.325 e. The molecule has 2 heterocycles. The summed E-state index contributed by atoms with van der Waals surface area (Å²) in [6, 6.07) is 9.94. The monoisotopic (exact) mass is 342 g/mol. The number of aryl methyl sites for hydroxylation is 3. The van der Waals surface area contributed by atoms with E-state index < -0.39 is 0 Å². The molecule has 0 aliphatic rings. The van der Waals surface area contributed by atoms with E-state index in [9.17, 15) is 4.79 Å². The number of thiazole rings is 1. The van der Waals surface area contributed by atoms with Crippen LogP contribution < -0.4 is 5.32 Å². The molecule has 1 N–H and O–H groups in total. The molecule has 0 radical (unpaired) electrons. The summed E-state index contributed by atoms with van der Waals surface area (Å²) in [5.74, 6) is -0.0292. The Labute approximate surface area is 144 Å². The second-order valence-corrected chi connectivity index (χ2v) is 7.90. The second-order valence-electron chi connectivity index (χ2n) is 5.49. The number of aromatic nitrogens is 1. The Morgan fingerprint density at radius 2 is 2.00 bits per heavy atom. The molecule has 2 aromatic heterocycles. The second kappa shape index (κ2) is 6.64. The highest BCUT2D eigenvalue weighted by molar-refractivity contribution is 7.12. The summed E-state index contributed by atoms with van der Waals surface area (Å²) in [6.45, 7) is 6.19. The maximum atomic E-state index is 12.2. The van der Waals surface area contributed by atoms with Gasteiger partial charge in [0.1, 0.15) is 5.01 Å². The number of nitrogens with one attached hydrogen (secondary N) is 1. The fourth-order valence-electron chi connectivity index (χ4n) is 2.45. The van der Waals surface area contributed by atoms with E-state index in [0.29, 0.717) is 6.42 Å². The fourth-order valence-corrected chi connectivity index (χ4v) is 4.17. The van der Waals surface area contributed by atoms with E-state index in [1.165, 1.54) is 26.7 Å². The van der Waals surface area contributed by atoms with Gasteiger partial charge in [0.25, 0.3) is 0 Å². The van der Waals surface area contributed by atoms with Crippen LogP contribution >= 0.6 is 22.7 Å². The van der Waals surface area contributed by atoms with Crippen molar-refractivity contribution in [2.24, 2.45) is 0 Å². The number of nitrogens with zero attached hydrogens (tertiary/aromatic N) is 1. The van der Waals surface area contributed by atoms with Gasteiger partial charge in [0.05, 0.1) is 12.1 Å². The Hall–Kier alpha value is -1.98. The molecular formula is C18H18N2OS2. The lowest BCUT2D eigenvalue weighted by Gasteiger charge is -2.06. The minimum atomic E-state index is -0.0292. The molecule has 0 unspecified atom stereocenters. The van der Waals surface area contributed by atoms with Gasteiger partial charge >= 0.3 is 0 Å². The molecule has 0 bridgehead atoms. The third kappa shape index (κ3) is 3.68. The lowest BCUT2D eigenvalue weighted by atomic mass is 10.2. The van der Waals surface area contributed by atoms with Gasteiger partial charge in [0.2, 0.25) is 5.91 Å². The molecule has 0 saturated carbocycles. The third-order valence-corrected chi connectivity index (χ3v) is 5.41. The first-order valence-corrected chi connectivity index (χ1v) is 9.10. The predicted molar refractivity (Wildman–Crippen MR) is 98.4 cm³/mol. The molecule has 0 saturated heterocycles. The van der Waals surface area contributed by atoms with Crippen LogP contribution in [-0.4, -0.2) is 10.9 Å². The van der Waals surface area contributed by atoms with Crippen molar-refractivity contribution in [3.63, 3.8) is 0 Å². The number of thiophene rings is 1. The van der Waals surface area contributed by atoms with Gasteiger partial charge in [-0.2, -0.15) is 0 Å². The highest BCUT2D eigenvalue weighted by Gasteiger charge is 2.12. The zero-order chi connectivity index (χ0) is 16.4.